The Hall–Kier alpha value is -1.09. The number of hydrogen-bond acceptors (Lipinski definition) is 2. The van der Waals surface area contributed by atoms with Crippen LogP contribution in [0.3, 0.4) is 0 Å². The van der Waals surface area contributed by atoms with Crippen LogP contribution >= 0.6 is 0 Å². The highest BCUT2D eigenvalue weighted by molar-refractivity contribution is 5.37. The molecule has 14 heavy (non-hydrogen) atoms. The molecule has 1 aromatic carbocycles. The summed E-state index contributed by atoms with van der Waals surface area (Å²) in [7, 11) is 0. The molecule has 0 spiro atoms. The zero-order chi connectivity index (χ0) is 10.3. The summed E-state index contributed by atoms with van der Waals surface area (Å²) in [6.07, 6.45) is 2.41. The Kier molecular flexibility index (Phi) is 2.00. The molecule has 3 heteroatoms. The van der Waals surface area contributed by atoms with E-state index in [9.17, 15) is 9.50 Å². The lowest BCUT2D eigenvalue weighted by molar-refractivity contribution is 0.465. The fraction of sp³-hybridized carbons (Fsp3) is 0.455. The molecule has 0 bridgehead atoms. The number of nitrogens with two attached hydrogens (primary N) is 1. The molecule has 0 unspecified atom stereocenters. The first-order valence-corrected chi connectivity index (χ1v) is 4.77. The average molecular weight is 195 g/mol. The predicted molar refractivity (Wildman–Crippen MR) is 52.7 cm³/mol. The number of benzene rings is 1. The fourth-order valence-electron chi connectivity index (χ4n) is 1.56. The van der Waals surface area contributed by atoms with Gasteiger partial charge in [0, 0.05) is 5.54 Å². The second-order valence-corrected chi connectivity index (χ2v) is 4.27. The van der Waals surface area contributed by atoms with Crippen molar-refractivity contribution in [1.82, 2.24) is 0 Å². The Balaban J connectivity index is 2.29. The topological polar surface area (TPSA) is 46.2 Å². The van der Waals surface area contributed by atoms with Gasteiger partial charge in [0.15, 0.2) is 0 Å². The maximum absolute atomic E-state index is 13.4. The van der Waals surface area contributed by atoms with Crippen molar-refractivity contribution < 1.29 is 9.50 Å². The second-order valence-electron chi connectivity index (χ2n) is 4.27. The van der Waals surface area contributed by atoms with Gasteiger partial charge in [-0.3, -0.25) is 0 Å². The van der Waals surface area contributed by atoms with Gasteiger partial charge in [-0.25, -0.2) is 4.39 Å². The van der Waals surface area contributed by atoms with Crippen molar-refractivity contribution in [3.05, 3.63) is 29.1 Å². The molecule has 1 fully saturated rings. The first-order valence-electron chi connectivity index (χ1n) is 4.77. The molecule has 0 saturated heterocycles. The predicted octanol–water partition coefficient (Wildman–Crippen LogP) is 1.87. The molecule has 2 nitrogen and oxygen atoms in total. The monoisotopic (exact) mass is 195 g/mol. The van der Waals surface area contributed by atoms with E-state index in [1.54, 1.807) is 6.92 Å². The van der Waals surface area contributed by atoms with Crippen LogP contribution in [0, 0.1) is 12.7 Å². The van der Waals surface area contributed by atoms with Crippen molar-refractivity contribution in [2.45, 2.75) is 31.7 Å². The van der Waals surface area contributed by atoms with Gasteiger partial charge in [0.2, 0.25) is 0 Å². The minimum atomic E-state index is -0.267. The number of phenolic OH excluding ortho intramolecular Hbond substituents is 1. The number of rotatable bonds is 2. The van der Waals surface area contributed by atoms with Crippen molar-refractivity contribution in [2.75, 3.05) is 0 Å². The number of hydrogen-bond donors (Lipinski definition) is 2. The molecule has 1 aliphatic carbocycles. The summed E-state index contributed by atoms with van der Waals surface area (Å²) in [6, 6.07) is 2.84. The third-order valence-electron chi connectivity index (χ3n) is 2.80. The first kappa shape index (κ1) is 9.46. The molecular formula is C11H14FNO. The molecule has 0 atom stereocenters. The molecule has 1 aromatic rings. The van der Waals surface area contributed by atoms with Gasteiger partial charge in [-0.15, -0.1) is 0 Å². The van der Waals surface area contributed by atoms with Crippen LogP contribution in [-0.2, 0) is 6.42 Å². The van der Waals surface area contributed by atoms with Crippen molar-refractivity contribution in [3.8, 4) is 5.75 Å². The van der Waals surface area contributed by atoms with Crippen LogP contribution in [0.5, 0.6) is 5.75 Å². The summed E-state index contributed by atoms with van der Waals surface area (Å²) >= 11 is 0. The Morgan fingerprint density at radius 1 is 1.50 bits per heavy atom. The zero-order valence-electron chi connectivity index (χ0n) is 8.18. The maximum atomic E-state index is 13.4. The summed E-state index contributed by atoms with van der Waals surface area (Å²) < 4.78 is 13.4. The van der Waals surface area contributed by atoms with E-state index in [-0.39, 0.29) is 17.1 Å². The zero-order valence-corrected chi connectivity index (χ0v) is 8.18. The smallest absolute Gasteiger partial charge is 0.127 e. The van der Waals surface area contributed by atoms with E-state index < -0.39 is 0 Å². The van der Waals surface area contributed by atoms with Crippen LogP contribution in [0.4, 0.5) is 4.39 Å². The van der Waals surface area contributed by atoms with Crippen molar-refractivity contribution >= 4 is 0 Å². The minimum absolute atomic E-state index is 0.144. The van der Waals surface area contributed by atoms with Crippen LogP contribution in [-0.4, -0.2) is 10.6 Å². The van der Waals surface area contributed by atoms with Crippen LogP contribution in [0.25, 0.3) is 0 Å². The van der Waals surface area contributed by atoms with E-state index in [1.165, 1.54) is 12.1 Å². The molecule has 0 aromatic heterocycles. The Labute approximate surface area is 82.5 Å². The first-order chi connectivity index (χ1) is 6.50. The number of phenols is 1. The fourth-order valence-corrected chi connectivity index (χ4v) is 1.56. The van der Waals surface area contributed by atoms with Gasteiger partial charge in [-0.2, -0.15) is 0 Å². The molecule has 1 aliphatic rings. The van der Waals surface area contributed by atoms with Gasteiger partial charge >= 0.3 is 0 Å². The summed E-state index contributed by atoms with van der Waals surface area (Å²) in [6.45, 7) is 1.68. The number of aromatic hydroxyl groups is 1. The Morgan fingerprint density at radius 3 is 2.71 bits per heavy atom. The molecule has 3 N–H and O–H groups in total. The molecule has 0 heterocycles. The lowest BCUT2D eigenvalue weighted by Crippen LogP contribution is -2.25. The maximum Gasteiger partial charge on any atom is 0.127 e. The Morgan fingerprint density at radius 2 is 2.14 bits per heavy atom. The van der Waals surface area contributed by atoms with E-state index in [0.29, 0.717) is 17.5 Å². The summed E-state index contributed by atoms with van der Waals surface area (Å²) in [5.41, 5.74) is 6.75. The van der Waals surface area contributed by atoms with E-state index in [0.717, 1.165) is 12.8 Å². The summed E-state index contributed by atoms with van der Waals surface area (Å²) in [5.74, 6) is -0.123. The third kappa shape index (κ3) is 1.73. The van der Waals surface area contributed by atoms with Crippen LogP contribution in [0.1, 0.15) is 24.0 Å². The second kappa shape index (κ2) is 2.95. The van der Waals surface area contributed by atoms with Gasteiger partial charge in [0.05, 0.1) is 0 Å². The molecule has 0 radical (unpaired) electrons. The van der Waals surface area contributed by atoms with Crippen LogP contribution in [0.15, 0.2) is 12.1 Å². The highest BCUT2D eigenvalue weighted by atomic mass is 19.1. The molecule has 2 rings (SSSR count). The quantitative estimate of drug-likeness (QED) is 0.756. The molecule has 76 valence electrons. The van der Waals surface area contributed by atoms with E-state index in [4.69, 9.17) is 5.73 Å². The lowest BCUT2D eigenvalue weighted by atomic mass is 10.0. The molecule has 1 saturated carbocycles. The van der Waals surface area contributed by atoms with Gasteiger partial charge in [0.1, 0.15) is 11.6 Å². The highest BCUT2D eigenvalue weighted by Crippen LogP contribution is 2.37. The SMILES string of the molecule is Cc1cc(F)c(CC2(N)CC2)cc1O. The van der Waals surface area contributed by atoms with Crippen molar-refractivity contribution in [3.63, 3.8) is 0 Å². The van der Waals surface area contributed by atoms with E-state index >= 15 is 0 Å². The minimum Gasteiger partial charge on any atom is -0.508 e. The standard InChI is InChI=1S/C11H14FNO/c1-7-4-9(12)8(5-10(7)14)6-11(13)2-3-11/h4-5,14H,2-3,6,13H2,1H3. The highest BCUT2D eigenvalue weighted by Gasteiger charge is 2.38. The molecule has 0 amide bonds. The molecular weight excluding hydrogens is 181 g/mol. The van der Waals surface area contributed by atoms with Crippen molar-refractivity contribution in [1.29, 1.82) is 0 Å². The van der Waals surface area contributed by atoms with Gasteiger partial charge < -0.3 is 10.8 Å². The number of halogens is 1. The van der Waals surface area contributed by atoms with Gasteiger partial charge in [-0.1, -0.05) is 0 Å². The molecule has 0 aliphatic heterocycles. The largest absolute Gasteiger partial charge is 0.508 e. The number of aryl methyl sites for hydroxylation is 1. The summed E-state index contributed by atoms with van der Waals surface area (Å²) in [4.78, 5) is 0. The van der Waals surface area contributed by atoms with E-state index in [2.05, 4.69) is 0 Å². The third-order valence-corrected chi connectivity index (χ3v) is 2.80. The lowest BCUT2D eigenvalue weighted by Gasteiger charge is -2.10. The van der Waals surface area contributed by atoms with Crippen LogP contribution in [0.2, 0.25) is 0 Å². The van der Waals surface area contributed by atoms with Gasteiger partial charge in [-0.05, 0) is 49.4 Å². The normalized spacial score (nSPS) is 18.2. The Bertz CT molecular complexity index is 372. The summed E-state index contributed by atoms with van der Waals surface area (Å²) in [5, 5.41) is 9.43. The average Bonchev–Trinajstić information content (AvgIpc) is 2.80. The van der Waals surface area contributed by atoms with Crippen LogP contribution < -0.4 is 5.73 Å². The van der Waals surface area contributed by atoms with Gasteiger partial charge in [0.25, 0.3) is 0 Å². The van der Waals surface area contributed by atoms with E-state index in [1.807, 2.05) is 0 Å². The van der Waals surface area contributed by atoms with Crippen molar-refractivity contribution in [2.24, 2.45) is 5.73 Å².